The Kier molecular flexibility index (Phi) is 7.42. The molecule has 206 valence electrons. The second-order valence-corrected chi connectivity index (χ2v) is 11.1. The van der Waals surface area contributed by atoms with Gasteiger partial charge in [-0.2, -0.15) is 5.10 Å². The van der Waals surface area contributed by atoms with E-state index in [0.717, 1.165) is 62.6 Å². The van der Waals surface area contributed by atoms with Crippen molar-refractivity contribution in [3.8, 4) is 21.8 Å². The zero-order valence-corrected chi connectivity index (χ0v) is 23.7. The van der Waals surface area contributed by atoms with Crippen molar-refractivity contribution in [3.05, 3.63) is 54.5 Å². The topological polar surface area (TPSA) is 103 Å². The number of carbonyl (C=O) groups excluding carboxylic acids is 1. The van der Waals surface area contributed by atoms with Gasteiger partial charge in [0.15, 0.2) is 11.6 Å². The molecule has 4 aromatic heterocycles. The third kappa shape index (κ3) is 5.15. The minimum Gasteiger partial charge on any atom is -0.378 e. The molecule has 1 saturated heterocycles. The van der Waals surface area contributed by atoms with E-state index in [9.17, 15) is 4.79 Å². The number of nitrogens with zero attached hydrogens (tertiary/aromatic N) is 7. The summed E-state index contributed by atoms with van der Waals surface area (Å²) in [6.45, 7) is 6.97. The van der Waals surface area contributed by atoms with Crippen LogP contribution in [-0.4, -0.2) is 101 Å². The van der Waals surface area contributed by atoms with Crippen LogP contribution in [0.4, 0.5) is 5.82 Å². The molecule has 0 bridgehead atoms. The SMILES string of the molecule is CCN(CCN(C)C)C(=O)c1cncc(-c2cc3nc(-c4cccc5[nH]ncc45)nc(N4CCOCC4)c3s2)c1. The summed E-state index contributed by atoms with van der Waals surface area (Å²) in [5.41, 5.74) is 4.22. The number of carbonyl (C=O) groups is 1. The van der Waals surface area contributed by atoms with E-state index in [0.29, 0.717) is 37.7 Å². The minimum atomic E-state index is -0.0101. The number of aromatic nitrogens is 5. The van der Waals surface area contributed by atoms with Gasteiger partial charge < -0.3 is 19.4 Å². The lowest BCUT2D eigenvalue weighted by atomic mass is 10.1. The number of ether oxygens (including phenoxy) is 1. The fourth-order valence-electron chi connectivity index (χ4n) is 4.93. The summed E-state index contributed by atoms with van der Waals surface area (Å²) < 4.78 is 6.64. The van der Waals surface area contributed by atoms with Crippen LogP contribution in [0.15, 0.2) is 48.9 Å². The quantitative estimate of drug-likeness (QED) is 0.304. The summed E-state index contributed by atoms with van der Waals surface area (Å²) in [6.07, 6.45) is 5.28. The molecule has 1 aromatic carbocycles. The van der Waals surface area contributed by atoms with Crippen molar-refractivity contribution in [2.45, 2.75) is 6.92 Å². The van der Waals surface area contributed by atoms with Crippen LogP contribution in [0.25, 0.3) is 42.9 Å². The minimum absolute atomic E-state index is 0.0101. The average molecular weight is 557 g/mol. The van der Waals surface area contributed by atoms with E-state index in [-0.39, 0.29) is 5.91 Å². The van der Waals surface area contributed by atoms with E-state index in [1.165, 1.54) is 0 Å². The van der Waals surface area contributed by atoms with Gasteiger partial charge in [0.05, 0.1) is 40.7 Å². The molecule has 0 atom stereocenters. The Morgan fingerprint density at radius 1 is 1.10 bits per heavy atom. The molecule has 0 spiro atoms. The first-order valence-electron chi connectivity index (χ1n) is 13.5. The number of thiophene rings is 1. The molecule has 0 unspecified atom stereocenters. The van der Waals surface area contributed by atoms with E-state index >= 15 is 0 Å². The molecule has 5 heterocycles. The third-order valence-corrected chi connectivity index (χ3v) is 8.32. The summed E-state index contributed by atoms with van der Waals surface area (Å²) in [5, 5.41) is 8.24. The first-order chi connectivity index (χ1) is 19.5. The molecule has 1 aliphatic heterocycles. The van der Waals surface area contributed by atoms with E-state index in [4.69, 9.17) is 14.7 Å². The van der Waals surface area contributed by atoms with Gasteiger partial charge in [-0.05, 0) is 39.2 Å². The van der Waals surface area contributed by atoms with Crippen LogP contribution < -0.4 is 4.90 Å². The smallest absolute Gasteiger partial charge is 0.255 e. The number of likely N-dealkylation sites (N-methyl/N-ethyl adjacent to an activating group) is 2. The van der Waals surface area contributed by atoms with Gasteiger partial charge in [-0.25, -0.2) is 9.97 Å². The summed E-state index contributed by atoms with van der Waals surface area (Å²) in [7, 11) is 4.02. The Morgan fingerprint density at radius 3 is 2.75 bits per heavy atom. The lowest BCUT2D eigenvalue weighted by Crippen LogP contribution is -2.36. The Balaban J connectivity index is 1.42. The van der Waals surface area contributed by atoms with Gasteiger partial charge in [-0.15, -0.1) is 11.3 Å². The largest absolute Gasteiger partial charge is 0.378 e. The zero-order chi connectivity index (χ0) is 27.6. The monoisotopic (exact) mass is 556 g/mol. The number of pyridine rings is 1. The second kappa shape index (κ2) is 11.3. The number of H-pyrrole nitrogens is 1. The van der Waals surface area contributed by atoms with E-state index in [1.807, 2.05) is 62.6 Å². The summed E-state index contributed by atoms with van der Waals surface area (Å²) in [5.74, 6) is 1.55. The molecule has 11 heteroatoms. The Labute approximate surface area is 236 Å². The van der Waals surface area contributed by atoms with Crippen LogP contribution in [-0.2, 0) is 4.74 Å². The van der Waals surface area contributed by atoms with Gasteiger partial charge in [0.2, 0.25) is 0 Å². The van der Waals surface area contributed by atoms with Crippen LogP contribution in [0.5, 0.6) is 0 Å². The molecule has 5 aromatic rings. The molecule has 1 amide bonds. The Hall–Kier alpha value is -3.93. The van der Waals surface area contributed by atoms with Crippen molar-refractivity contribution in [1.82, 2.24) is 34.9 Å². The fraction of sp³-hybridized carbons (Fsp3) is 0.345. The molecule has 10 nitrogen and oxygen atoms in total. The van der Waals surface area contributed by atoms with Crippen LogP contribution >= 0.6 is 11.3 Å². The number of morpholine rings is 1. The molecule has 1 aliphatic rings. The van der Waals surface area contributed by atoms with Crippen LogP contribution in [0.3, 0.4) is 0 Å². The van der Waals surface area contributed by atoms with Crippen molar-refractivity contribution in [2.75, 3.05) is 64.9 Å². The van der Waals surface area contributed by atoms with Crippen LogP contribution in [0, 0.1) is 0 Å². The van der Waals surface area contributed by atoms with Crippen molar-refractivity contribution in [1.29, 1.82) is 0 Å². The molecule has 1 fully saturated rings. The molecule has 0 radical (unpaired) electrons. The van der Waals surface area contributed by atoms with Gasteiger partial charge in [0.25, 0.3) is 5.91 Å². The third-order valence-electron chi connectivity index (χ3n) is 7.15. The fourth-order valence-corrected chi connectivity index (χ4v) is 6.02. The molecule has 1 N–H and O–H groups in total. The van der Waals surface area contributed by atoms with Crippen LogP contribution in [0.2, 0.25) is 0 Å². The van der Waals surface area contributed by atoms with E-state index in [1.54, 1.807) is 17.5 Å². The standard InChI is InChI=1S/C29H32N8O2S/c1-4-36(9-8-35(2)3)29(38)20-14-19(16-30-17-20)25-15-24-26(40-25)28(37-10-12-39-13-11-37)33-27(32-24)21-6-5-7-23-22(21)18-31-34-23/h5-7,14-18H,4,8-13H2,1-3H3,(H,31,34). The summed E-state index contributed by atoms with van der Waals surface area (Å²) in [6, 6.07) is 10.0. The normalized spacial score (nSPS) is 13.9. The van der Waals surface area contributed by atoms with E-state index < -0.39 is 0 Å². The van der Waals surface area contributed by atoms with Crippen LogP contribution in [0.1, 0.15) is 17.3 Å². The first kappa shape index (κ1) is 26.3. The molecular formula is C29H32N8O2S. The number of aromatic amines is 1. The highest BCUT2D eigenvalue weighted by Gasteiger charge is 2.22. The number of benzene rings is 1. The number of fused-ring (bicyclic) bond motifs is 2. The molecular weight excluding hydrogens is 524 g/mol. The number of anilines is 1. The van der Waals surface area contributed by atoms with Crippen molar-refractivity contribution in [2.24, 2.45) is 0 Å². The maximum Gasteiger partial charge on any atom is 0.255 e. The molecule has 0 saturated carbocycles. The van der Waals surface area contributed by atoms with Crippen molar-refractivity contribution in [3.63, 3.8) is 0 Å². The van der Waals surface area contributed by atoms with Gasteiger partial charge in [-0.1, -0.05) is 12.1 Å². The molecule has 6 rings (SSSR count). The zero-order valence-electron chi connectivity index (χ0n) is 22.9. The number of hydrogen-bond acceptors (Lipinski definition) is 9. The average Bonchev–Trinajstić information content (AvgIpc) is 3.65. The van der Waals surface area contributed by atoms with Crippen molar-refractivity contribution >= 4 is 44.2 Å². The van der Waals surface area contributed by atoms with Gasteiger partial charge in [0.1, 0.15) is 0 Å². The van der Waals surface area contributed by atoms with Gasteiger partial charge in [0, 0.05) is 66.5 Å². The maximum atomic E-state index is 13.3. The number of nitrogens with one attached hydrogen (secondary N) is 1. The number of hydrogen-bond donors (Lipinski definition) is 1. The number of amides is 1. The predicted molar refractivity (Wildman–Crippen MR) is 159 cm³/mol. The summed E-state index contributed by atoms with van der Waals surface area (Å²) >= 11 is 1.63. The van der Waals surface area contributed by atoms with Crippen molar-refractivity contribution < 1.29 is 9.53 Å². The maximum absolute atomic E-state index is 13.3. The van der Waals surface area contributed by atoms with E-state index in [2.05, 4.69) is 31.0 Å². The highest BCUT2D eigenvalue weighted by atomic mass is 32.1. The number of rotatable bonds is 8. The first-order valence-corrected chi connectivity index (χ1v) is 14.3. The molecule has 40 heavy (non-hydrogen) atoms. The second-order valence-electron chi connectivity index (χ2n) is 10.1. The highest BCUT2D eigenvalue weighted by Crippen LogP contribution is 2.39. The summed E-state index contributed by atoms with van der Waals surface area (Å²) in [4.78, 5) is 35.1. The van der Waals surface area contributed by atoms with Gasteiger partial charge in [-0.3, -0.25) is 14.9 Å². The Bertz CT molecular complexity index is 1660. The lowest BCUT2D eigenvalue weighted by Gasteiger charge is -2.28. The Morgan fingerprint density at radius 2 is 1.95 bits per heavy atom. The predicted octanol–water partition coefficient (Wildman–Crippen LogP) is 4.16. The van der Waals surface area contributed by atoms with Gasteiger partial charge >= 0.3 is 0 Å². The lowest BCUT2D eigenvalue weighted by molar-refractivity contribution is 0.0754. The molecule has 0 aliphatic carbocycles. The highest BCUT2D eigenvalue weighted by molar-refractivity contribution is 7.22.